The lowest BCUT2D eigenvalue weighted by Gasteiger charge is -2.08. The van der Waals surface area contributed by atoms with E-state index < -0.39 is 5.97 Å². The van der Waals surface area contributed by atoms with Crippen molar-refractivity contribution in [2.75, 3.05) is 12.4 Å². The first-order chi connectivity index (χ1) is 11.4. The minimum absolute atomic E-state index is 0.342. The largest absolute Gasteiger partial charge is 0.465 e. The van der Waals surface area contributed by atoms with E-state index in [2.05, 4.69) is 10.1 Å². The number of aryl methyl sites for hydroxylation is 1. The van der Waals surface area contributed by atoms with Crippen molar-refractivity contribution in [2.24, 2.45) is 0 Å². The summed E-state index contributed by atoms with van der Waals surface area (Å²) in [5.74, 6) is -0.805. The van der Waals surface area contributed by atoms with Crippen LogP contribution in [0.25, 0.3) is 6.08 Å². The normalized spacial score (nSPS) is 10.7. The maximum absolute atomic E-state index is 12.1. The number of rotatable bonds is 4. The molecule has 2 rings (SSSR count). The molecule has 0 saturated carbocycles. The first-order valence-corrected chi connectivity index (χ1v) is 7.79. The van der Waals surface area contributed by atoms with Crippen LogP contribution < -0.4 is 5.32 Å². The van der Waals surface area contributed by atoms with Crippen LogP contribution in [0.1, 0.15) is 21.5 Å². The van der Waals surface area contributed by atoms with Gasteiger partial charge in [0.05, 0.1) is 12.7 Å². The molecule has 1 amide bonds. The topological polar surface area (TPSA) is 55.4 Å². The van der Waals surface area contributed by atoms with Crippen LogP contribution in [0.2, 0.25) is 10.0 Å². The molecule has 0 aliphatic carbocycles. The lowest BCUT2D eigenvalue weighted by atomic mass is 10.1. The van der Waals surface area contributed by atoms with Gasteiger partial charge in [0, 0.05) is 21.8 Å². The van der Waals surface area contributed by atoms with E-state index in [0.29, 0.717) is 26.9 Å². The first-order valence-electron chi connectivity index (χ1n) is 7.04. The number of carbonyl (C=O) groups is 2. The van der Waals surface area contributed by atoms with Gasteiger partial charge in [-0.25, -0.2) is 4.79 Å². The summed E-state index contributed by atoms with van der Waals surface area (Å²) in [5, 5.41) is 3.71. The molecule has 0 unspecified atom stereocenters. The fourth-order valence-electron chi connectivity index (χ4n) is 1.98. The molecule has 0 spiro atoms. The van der Waals surface area contributed by atoms with Crippen LogP contribution in [0.5, 0.6) is 0 Å². The summed E-state index contributed by atoms with van der Waals surface area (Å²) in [6.07, 6.45) is 2.95. The zero-order valence-corrected chi connectivity index (χ0v) is 14.6. The summed E-state index contributed by atoms with van der Waals surface area (Å²) in [7, 11) is 1.30. The maximum Gasteiger partial charge on any atom is 0.337 e. The number of benzene rings is 2. The van der Waals surface area contributed by atoms with Crippen molar-refractivity contribution in [1.82, 2.24) is 0 Å². The summed E-state index contributed by atoms with van der Waals surface area (Å²) in [6, 6.07) is 9.96. The average molecular weight is 364 g/mol. The van der Waals surface area contributed by atoms with E-state index in [9.17, 15) is 9.59 Å². The van der Waals surface area contributed by atoms with Crippen molar-refractivity contribution in [3.05, 3.63) is 69.2 Å². The molecule has 0 radical (unpaired) electrons. The molecule has 2 aromatic carbocycles. The fourth-order valence-corrected chi connectivity index (χ4v) is 2.45. The highest BCUT2D eigenvalue weighted by atomic mass is 35.5. The summed E-state index contributed by atoms with van der Waals surface area (Å²) >= 11 is 11.9. The summed E-state index contributed by atoms with van der Waals surface area (Å²) in [4.78, 5) is 23.6. The molecule has 0 saturated heterocycles. The van der Waals surface area contributed by atoms with Crippen molar-refractivity contribution >= 4 is 46.8 Å². The van der Waals surface area contributed by atoms with E-state index in [-0.39, 0.29) is 5.91 Å². The van der Waals surface area contributed by atoms with Crippen molar-refractivity contribution < 1.29 is 14.3 Å². The van der Waals surface area contributed by atoms with E-state index >= 15 is 0 Å². The van der Waals surface area contributed by atoms with Crippen molar-refractivity contribution in [1.29, 1.82) is 0 Å². The van der Waals surface area contributed by atoms with Gasteiger partial charge < -0.3 is 10.1 Å². The number of hydrogen-bond donors (Lipinski definition) is 1. The van der Waals surface area contributed by atoms with Crippen LogP contribution in [-0.2, 0) is 9.53 Å². The third-order valence-electron chi connectivity index (χ3n) is 3.29. The number of carbonyl (C=O) groups excluding carboxylic acids is 2. The Bertz CT molecular complexity index is 816. The number of nitrogens with one attached hydrogen (secondary N) is 1. The second-order valence-corrected chi connectivity index (χ2v) is 5.85. The standard InChI is InChI=1S/C18H15Cl2NO3/c1-11-3-4-13(18(23)24-2)9-16(11)21-17(22)8-6-12-5-7-14(19)10-15(12)20/h3-10H,1-2H3,(H,21,22)/b8-6+. The Morgan fingerprint density at radius 2 is 1.88 bits per heavy atom. The van der Waals surface area contributed by atoms with Gasteiger partial charge in [-0.2, -0.15) is 0 Å². The Hall–Kier alpha value is -2.30. The lowest BCUT2D eigenvalue weighted by Crippen LogP contribution is -2.10. The molecular weight excluding hydrogens is 349 g/mol. The van der Waals surface area contributed by atoms with E-state index in [1.807, 2.05) is 6.92 Å². The van der Waals surface area contributed by atoms with E-state index in [1.165, 1.54) is 13.2 Å². The van der Waals surface area contributed by atoms with Crippen molar-refractivity contribution in [3.63, 3.8) is 0 Å². The van der Waals surface area contributed by atoms with Crippen molar-refractivity contribution in [3.8, 4) is 0 Å². The van der Waals surface area contributed by atoms with Gasteiger partial charge >= 0.3 is 5.97 Å². The molecule has 1 N–H and O–H groups in total. The molecule has 124 valence electrons. The zero-order valence-electron chi connectivity index (χ0n) is 13.1. The SMILES string of the molecule is COC(=O)c1ccc(C)c(NC(=O)/C=C/c2ccc(Cl)cc2Cl)c1. The van der Waals surface area contributed by atoms with Gasteiger partial charge in [-0.15, -0.1) is 0 Å². The molecule has 0 heterocycles. The smallest absolute Gasteiger partial charge is 0.337 e. The third kappa shape index (κ3) is 4.60. The Balaban J connectivity index is 2.14. The third-order valence-corrected chi connectivity index (χ3v) is 3.86. The second kappa shape index (κ2) is 7.99. The number of amides is 1. The van der Waals surface area contributed by atoms with Crippen LogP contribution in [-0.4, -0.2) is 19.0 Å². The Kier molecular flexibility index (Phi) is 6.01. The van der Waals surface area contributed by atoms with Crippen LogP contribution in [0.4, 0.5) is 5.69 Å². The van der Waals surface area contributed by atoms with Gasteiger partial charge in [-0.1, -0.05) is 35.3 Å². The molecule has 0 fully saturated rings. The van der Waals surface area contributed by atoms with Gasteiger partial charge in [0.1, 0.15) is 0 Å². The lowest BCUT2D eigenvalue weighted by molar-refractivity contribution is -0.111. The molecule has 0 aliphatic heterocycles. The number of esters is 1. The number of methoxy groups -OCH3 is 1. The van der Waals surface area contributed by atoms with E-state index in [1.54, 1.807) is 42.5 Å². The van der Waals surface area contributed by atoms with Crippen molar-refractivity contribution in [2.45, 2.75) is 6.92 Å². The number of halogens is 2. The predicted octanol–water partition coefficient (Wildman–Crippen LogP) is 4.74. The van der Waals surface area contributed by atoms with Gasteiger partial charge in [0.2, 0.25) is 5.91 Å². The molecule has 2 aromatic rings. The summed E-state index contributed by atoms with van der Waals surface area (Å²) < 4.78 is 4.67. The van der Waals surface area contributed by atoms with E-state index in [4.69, 9.17) is 23.2 Å². The minimum atomic E-state index is -0.464. The van der Waals surface area contributed by atoms with Crippen LogP contribution in [0.3, 0.4) is 0 Å². The molecular formula is C18H15Cl2NO3. The molecule has 0 aliphatic rings. The van der Waals surface area contributed by atoms with Crippen LogP contribution in [0, 0.1) is 6.92 Å². The highest BCUT2D eigenvalue weighted by Crippen LogP contribution is 2.22. The van der Waals surface area contributed by atoms with Gasteiger partial charge in [0.25, 0.3) is 0 Å². The van der Waals surface area contributed by atoms with E-state index in [0.717, 1.165) is 5.56 Å². The predicted molar refractivity (Wildman–Crippen MR) is 96.6 cm³/mol. The molecule has 0 atom stereocenters. The number of anilines is 1. The molecule has 0 bridgehead atoms. The highest BCUT2D eigenvalue weighted by molar-refractivity contribution is 6.35. The highest BCUT2D eigenvalue weighted by Gasteiger charge is 2.09. The molecule has 4 nitrogen and oxygen atoms in total. The fraction of sp³-hybridized carbons (Fsp3) is 0.111. The Morgan fingerprint density at radius 3 is 2.54 bits per heavy atom. The zero-order chi connectivity index (χ0) is 17.7. The quantitative estimate of drug-likeness (QED) is 0.630. The van der Waals surface area contributed by atoms with Gasteiger partial charge in [-0.05, 0) is 48.4 Å². The second-order valence-electron chi connectivity index (χ2n) is 5.01. The minimum Gasteiger partial charge on any atom is -0.465 e. The Morgan fingerprint density at radius 1 is 1.12 bits per heavy atom. The van der Waals surface area contributed by atoms with Gasteiger partial charge in [0.15, 0.2) is 0 Å². The van der Waals surface area contributed by atoms with Gasteiger partial charge in [-0.3, -0.25) is 4.79 Å². The van der Waals surface area contributed by atoms with Crippen LogP contribution >= 0.6 is 23.2 Å². The van der Waals surface area contributed by atoms with Crippen LogP contribution in [0.15, 0.2) is 42.5 Å². The monoisotopic (exact) mass is 363 g/mol. The summed E-state index contributed by atoms with van der Waals surface area (Å²) in [6.45, 7) is 1.83. The number of ether oxygens (including phenoxy) is 1. The number of hydrogen-bond acceptors (Lipinski definition) is 3. The maximum atomic E-state index is 12.1. The first kappa shape index (κ1) is 18.0. The molecule has 0 aromatic heterocycles. The average Bonchev–Trinajstić information content (AvgIpc) is 2.55. The molecule has 24 heavy (non-hydrogen) atoms. The Labute approximate surface area is 150 Å². The molecule has 6 heteroatoms. The summed E-state index contributed by atoms with van der Waals surface area (Å²) in [5.41, 5.74) is 2.41.